The van der Waals surface area contributed by atoms with Crippen LogP contribution >= 0.6 is 0 Å². The lowest BCUT2D eigenvalue weighted by atomic mass is 10.1. The van der Waals surface area contributed by atoms with E-state index < -0.39 is 24.1 Å². The first-order chi connectivity index (χ1) is 7.92. The number of esters is 1. The second-order valence-corrected chi connectivity index (χ2v) is 3.36. The molecular formula is C12H11F3O2. The third-order valence-corrected chi connectivity index (χ3v) is 1.98. The largest absolute Gasteiger partial charge is 0.466 e. The fourth-order valence-corrected chi connectivity index (χ4v) is 1.28. The summed E-state index contributed by atoms with van der Waals surface area (Å²) in [5, 5.41) is 0. The van der Waals surface area contributed by atoms with Gasteiger partial charge in [0.25, 0.3) is 0 Å². The van der Waals surface area contributed by atoms with E-state index in [0.717, 1.165) is 7.11 Å². The summed E-state index contributed by atoms with van der Waals surface area (Å²) in [6.07, 6.45) is -4.55. The Kier molecular flexibility index (Phi) is 4.31. The van der Waals surface area contributed by atoms with Gasteiger partial charge in [-0.1, -0.05) is 30.3 Å². The quantitative estimate of drug-likeness (QED) is 0.603. The average Bonchev–Trinajstić information content (AvgIpc) is 2.27. The number of rotatable bonds is 3. The molecule has 0 aromatic heterocycles. The maximum absolute atomic E-state index is 12.3. The first-order valence-electron chi connectivity index (χ1n) is 4.83. The third kappa shape index (κ3) is 4.72. The monoisotopic (exact) mass is 244 g/mol. The van der Waals surface area contributed by atoms with Crippen molar-refractivity contribution in [3.63, 3.8) is 0 Å². The summed E-state index contributed by atoms with van der Waals surface area (Å²) in [6.45, 7) is 0. The molecule has 0 saturated carbocycles. The molecule has 0 radical (unpaired) electrons. The molecule has 0 bridgehead atoms. The van der Waals surface area contributed by atoms with Gasteiger partial charge in [0, 0.05) is 5.57 Å². The Labute approximate surface area is 96.7 Å². The molecule has 0 spiro atoms. The molecule has 0 unspecified atom stereocenters. The third-order valence-electron chi connectivity index (χ3n) is 1.98. The Hall–Kier alpha value is -1.78. The van der Waals surface area contributed by atoms with Crippen LogP contribution in [0.2, 0.25) is 0 Å². The number of hydrogen-bond donors (Lipinski definition) is 0. The van der Waals surface area contributed by atoms with Crippen LogP contribution in [0.1, 0.15) is 12.0 Å². The fraction of sp³-hybridized carbons (Fsp3) is 0.250. The molecule has 2 nitrogen and oxygen atoms in total. The Morgan fingerprint density at radius 1 is 1.29 bits per heavy atom. The van der Waals surface area contributed by atoms with E-state index >= 15 is 0 Å². The standard InChI is InChI=1S/C12H11F3O2/c1-17-11(16)10(8-12(13,14)15)7-9-5-3-2-4-6-9/h2-7H,8H2,1H3/b10-7+. The zero-order valence-corrected chi connectivity index (χ0v) is 9.12. The molecule has 0 atom stereocenters. The number of carbonyl (C=O) groups is 1. The highest BCUT2D eigenvalue weighted by atomic mass is 19.4. The van der Waals surface area contributed by atoms with Crippen molar-refractivity contribution in [3.05, 3.63) is 41.5 Å². The molecule has 0 fully saturated rings. The smallest absolute Gasteiger partial charge is 0.393 e. The van der Waals surface area contributed by atoms with Crippen LogP contribution in [0.25, 0.3) is 6.08 Å². The van der Waals surface area contributed by atoms with Crippen LogP contribution in [-0.2, 0) is 9.53 Å². The number of hydrogen-bond acceptors (Lipinski definition) is 2. The summed E-state index contributed by atoms with van der Waals surface area (Å²) in [6, 6.07) is 8.31. The van der Waals surface area contributed by atoms with Gasteiger partial charge in [0.15, 0.2) is 0 Å². The molecular weight excluding hydrogens is 233 g/mol. The van der Waals surface area contributed by atoms with Gasteiger partial charge in [0.05, 0.1) is 13.5 Å². The lowest BCUT2D eigenvalue weighted by Gasteiger charge is -2.08. The second-order valence-electron chi connectivity index (χ2n) is 3.36. The summed E-state index contributed by atoms with van der Waals surface area (Å²) in [5.41, 5.74) is 0.114. The summed E-state index contributed by atoms with van der Waals surface area (Å²) in [7, 11) is 1.05. The van der Waals surface area contributed by atoms with Crippen molar-refractivity contribution < 1.29 is 22.7 Å². The molecule has 1 aromatic rings. The van der Waals surface area contributed by atoms with Crippen molar-refractivity contribution in [2.24, 2.45) is 0 Å². The number of ether oxygens (including phenoxy) is 1. The molecule has 0 saturated heterocycles. The maximum atomic E-state index is 12.3. The van der Waals surface area contributed by atoms with Gasteiger partial charge in [0.2, 0.25) is 0 Å². The van der Waals surface area contributed by atoms with Crippen molar-refractivity contribution in [2.75, 3.05) is 7.11 Å². The van der Waals surface area contributed by atoms with Gasteiger partial charge < -0.3 is 4.74 Å². The number of methoxy groups -OCH3 is 1. The van der Waals surface area contributed by atoms with Gasteiger partial charge in [-0.05, 0) is 11.6 Å². The van der Waals surface area contributed by atoms with Crippen LogP contribution in [0.3, 0.4) is 0 Å². The van der Waals surface area contributed by atoms with E-state index in [1.54, 1.807) is 30.3 Å². The Morgan fingerprint density at radius 3 is 2.35 bits per heavy atom. The molecule has 0 aliphatic carbocycles. The van der Waals surface area contributed by atoms with E-state index in [0.29, 0.717) is 5.56 Å². The van der Waals surface area contributed by atoms with Crippen LogP contribution in [0.15, 0.2) is 35.9 Å². The molecule has 0 heterocycles. The fourth-order valence-electron chi connectivity index (χ4n) is 1.28. The maximum Gasteiger partial charge on any atom is 0.393 e. The van der Waals surface area contributed by atoms with Crippen molar-refractivity contribution in [1.29, 1.82) is 0 Å². The summed E-state index contributed by atoms with van der Waals surface area (Å²) >= 11 is 0. The summed E-state index contributed by atoms with van der Waals surface area (Å²) < 4.78 is 41.1. The van der Waals surface area contributed by atoms with Gasteiger partial charge in [-0.2, -0.15) is 13.2 Å². The Balaban J connectivity index is 2.99. The highest BCUT2D eigenvalue weighted by Gasteiger charge is 2.31. The molecule has 5 heteroatoms. The van der Waals surface area contributed by atoms with Crippen LogP contribution in [0.4, 0.5) is 13.2 Å². The van der Waals surface area contributed by atoms with Gasteiger partial charge in [-0.25, -0.2) is 4.79 Å². The van der Waals surface area contributed by atoms with E-state index in [4.69, 9.17) is 0 Å². The molecule has 92 valence electrons. The predicted octanol–water partition coefficient (Wildman–Crippen LogP) is 3.20. The van der Waals surface area contributed by atoms with E-state index in [1.165, 1.54) is 6.08 Å². The molecule has 0 aliphatic heterocycles. The summed E-state index contributed by atoms with van der Waals surface area (Å²) in [5.74, 6) is -0.967. The minimum atomic E-state index is -4.44. The van der Waals surface area contributed by atoms with Crippen LogP contribution in [0.5, 0.6) is 0 Å². The van der Waals surface area contributed by atoms with E-state index in [9.17, 15) is 18.0 Å². The normalized spacial score (nSPS) is 12.4. The molecule has 17 heavy (non-hydrogen) atoms. The molecule has 1 rings (SSSR count). The lowest BCUT2D eigenvalue weighted by Crippen LogP contribution is -2.15. The highest BCUT2D eigenvalue weighted by molar-refractivity contribution is 5.93. The Bertz CT molecular complexity index is 408. The summed E-state index contributed by atoms with van der Waals surface area (Å²) in [4.78, 5) is 11.2. The van der Waals surface area contributed by atoms with Crippen molar-refractivity contribution in [3.8, 4) is 0 Å². The second kappa shape index (κ2) is 5.52. The molecule has 0 N–H and O–H groups in total. The number of benzene rings is 1. The van der Waals surface area contributed by atoms with Gasteiger partial charge in [-0.3, -0.25) is 0 Å². The van der Waals surface area contributed by atoms with Gasteiger partial charge in [0.1, 0.15) is 0 Å². The minimum Gasteiger partial charge on any atom is -0.466 e. The van der Waals surface area contributed by atoms with E-state index in [2.05, 4.69) is 4.74 Å². The van der Waals surface area contributed by atoms with Crippen LogP contribution in [-0.4, -0.2) is 19.3 Å². The predicted molar refractivity (Wildman–Crippen MR) is 57.1 cm³/mol. The number of halogens is 3. The molecule has 0 aliphatic rings. The van der Waals surface area contributed by atoms with Crippen molar-refractivity contribution in [2.45, 2.75) is 12.6 Å². The van der Waals surface area contributed by atoms with E-state index in [-0.39, 0.29) is 0 Å². The average molecular weight is 244 g/mol. The van der Waals surface area contributed by atoms with Crippen LogP contribution < -0.4 is 0 Å². The molecule has 1 aromatic carbocycles. The first kappa shape index (κ1) is 13.3. The SMILES string of the molecule is COC(=O)/C(=C/c1ccccc1)CC(F)(F)F. The zero-order valence-electron chi connectivity index (χ0n) is 9.12. The van der Waals surface area contributed by atoms with Crippen molar-refractivity contribution >= 4 is 12.0 Å². The van der Waals surface area contributed by atoms with Gasteiger partial charge in [-0.15, -0.1) is 0 Å². The van der Waals surface area contributed by atoms with E-state index in [1.807, 2.05) is 0 Å². The Morgan fingerprint density at radius 2 is 1.88 bits per heavy atom. The topological polar surface area (TPSA) is 26.3 Å². The lowest BCUT2D eigenvalue weighted by molar-refractivity contribution is -0.145. The van der Waals surface area contributed by atoms with Crippen LogP contribution in [0, 0.1) is 0 Å². The minimum absolute atomic E-state index is 0.411. The first-order valence-corrected chi connectivity index (χ1v) is 4.83. The molecule has 0 amide bonds. The zero-order chi connectivity index (χ0) is 12.9. The number of alkyl halides is 3. The highest BCUT2D eigenvalue weighted by Crippen LogP contribution is 2.26. The van der Waals surface area contributed by atoms with Crippen molar-refractivity contribution in [1.82, 2.24) is 0 Å². The number of carbonyl (C=O) groups excluding carboxylic acids is 1. The van der Waals surface area contributed by atoms with Gasteiger partial charge >= 0.3 is 12.1 Å².